The van der Waals surface area contributed by atoms with Gasteiger partial charge in [0.05, 0.1) is 6.54 Å². The second-order valence-electron chi connectivity index (χ2n) is 6.00. The zero-order valence-electron chi connectivity index (χ0n) is 14.4. The van der Waals surface area contributed by atoms with E-state index >= 15 is 0 Å². The summed E-state index contributed by atoms with van der Waals surface area (Å²) in [4.78, 5) is 23.5. The molecule has 0 spiro atoms. The third-order valence-electron chi connectivity index (χ3n) is 4.10. The highest BCUT2D eigenvalue weighted by molar-refractivity contribution is 5.95. The lowest BCUT2D eigenvalue weighted by Gasteiger charge is -2.17. The Bertz CT molecular complexity index is 709. The third kappa shape index (κ3) is 4.80. The minimum Gasteiger partial charge on any atom is -0.335 e. The number of benzene rings is 2. The summed E-state index contributed by atoms with van der Waals surface area (Å²) in [6, 6.07) is 13.9. The van der Waals surface area contributed by atoms with Gasteiger partial charge in [-0.25, -0.2) is 4.79 Å². The summed E-state index contributed by atoms with van der Waals surface area (Å²) < 4.78 is 0. The molecule has 0 aromatic heterocycles. The van der Waals surface area contributed by atoms with E-state index in [1.54, 1.807) is 0 Å². The SMILES string of the molecule is CC[C@@H](C)NC(=O)NC(=O)CN[C@@H](C)c1cccc2ccccc12. The van der Waals surface area contributed by atoms with Crippen molar-refractivity contribution in [1.82, 2.24) is 16.0 Å². The lowest BCUT2D eigenvalue weighted by molar-refractivity contribution is -0.119. The van der Waals surface area contributed by atoms with Gasteiger partial charge < -0.3 is 10.6 Å². The van der Waals surface area contributed by atoms with Gasteiger partial charge in [0.2, 0.25) is 5.91 Å². The Morgan fingerprint density at radius 2 is 1.75 bits per heavy atom. The number of fused-ring (bicyclic) bond motifs is 1. The van der Waals surface area contributed by atoms with Crippen LogP contribution >= 0.6 is 0 Å². The molecule has 5 nitrogen and oxygen atoms in total. The Balaban J connectivity index is 1.91. The van der Waals surface area contributed by atoms with Crippen molar-refractivity contribution in [2.45, 2.75) is 39.3 Å². The predicted molar refractivity (Wildman–Crippen MR) is 96.8 cm³/mol. The second-order valence-corrected chi connectivity index (χ2v) is 6.00. The molecule has 128 valence electrons. The van der Waals surface area contributed by atoms with Crippen LogP contribution < -0.4 is 16.0 Å². The maximum atomic E-state index is 11.9. The van der Waals surface area contributed by atoms with Crippen LogP contribution in [-0.2, 0) is 4.79 Å². The van der Waals surface area contributed by atoms with E-state index in [0.717, 1.165) is 17.4 Å². The van der Waals surface area contributed by atoms with E-state index in [1.807, 2.05) is 45.0 Å². The number of hydrogen-bond acceptors (Lipinski definition) is 3. The number of urea groups is 1. The maximum absolute atomic E-state index is 11.9. The van der Waals surface area contributed by atoms with Crippen LogP contribution in [0.3, 0.4) is 0 Å². The van der Waals surface area contributed by atoms with Crippen LogP contribution in [0.2, 0.25) is 0 Å². The molecule has 2 aromatic rings. The normalized spacial score (nSPS) is 13.3. The van der Waals surface area contributed by atoms with Gasteiger partial charge >= 0.3 is 6.03 Å². The van der Waals surface area contributed by atoms with Crippen LogP contribution in [0, 0.1) is 0 Å². The molecule has 2 rings (SSSR count). The number of rotatable bonds is 6. The fourth-order valence-corrected chi connectivity index (χ4v) is 2.52. The molecule has 0 aliphatic rings. The molecule has 0 bridgehead atoms. The lowest BCUT2D eigenvalue weighted by atomic mass is 10.00. The zero-order valence-corrected chi connectivity index (χ0v) is 14.4. The first-order valence-corrected chi connectivity index (χ1v) is 8.32. The van der Waals surface area contributed by atoms with E-state index in [2.05, 4.69) is 34.1 Å². The van der Waals surface area contributed by atoms with E-state index in [9.17, 15) is 9.59 Å². The fourth-order valence-electron chi connectivity index (χ4n) is 2.52. The van der Waals surface area contributed by atoms with Crippen molar-refractivity contribution in [3.63, 3.8) is 0 Å². The van der Waals surface area contributed by atoms with Gasteiger partial charge in [-0.1, -0.05) is 49.4 Å². The molecule has 0 saturated carbocycles. The van der Waals surface area contributed by atoms with Gasteiger partial charge in [-0.2, -0.15) is 0 Å². The first-order chi connectivity index (χ1) is 11.5. The average Bonchev–Trinajstić information content (AvgIpc) is 2.58. The van der Waals surface area contributed by atoms with Gasteiger partial charge in [0, 0.05) is 12.1 Å². The van der Waals surface area contributed by atoms with E-state index < -0.39 is 6.03 Å². The fraction of sp³-hybridized carbons (Fsp3) is 0.368. The molecule has 0 fully saturated rings. The van der Waals surface area contributed by atoms with Crippen molar-refractivity contribution >= 4 is 22.7 Å². The summed E-state index contributed by atoms with van der Waals surface area (Å²) in [6.45, 7) is 5.96. The topological polar surface area (TPSA) is 70.2 Å². The molecule has 0 heterocycles. The first kappa shape index (κ1) is 17.9. The van der Waals surface area contributed by atoms with Crippen molar-refractivity contribution in [2.24, 2.45) is 0 Å². The monoisotopic (exact) mass is 327 g/mol. The molecule has 24 heavy (non-hydrogen) atoms. The molecule has 3 amide bonds. The molecule has 0 unspecified atom stereocenters. The Morgan fingerprint density at radius 3 is 2.50 bits per heavy atom. The number of carbonyl (C=O) groups excluding carboxylic acids is 2. The number of amides is 3. The molecular weight excluding hydrogens is 302 g/mol. The summed E-state index contributed by atoms with van der Waals surface area (Å²) in [6.07, 6.45) is 0.817. The summed E-state index contributed by atoms with van der Waals surface area (Å²) >= 11 is 0. The quantitative estimate of drug-likeness (QED) is 0.763. The molecule has 0 saturated heterocycles. The summed E-state index contributed by atoms with van der Waals surface area (Å²) in [7, 11) is 0. The maximum Gasteiger partial charge on any atom is 0.321 e. The number of nitrogens with one attached hydrogen (secondary N) is 3. The molecule has 2 atom stereocenters. The van der Waals surface area contributed by atoms with Crippen molar-refractivity contribution in [3.05, 3.63) is 48.0 Å². The van der Waals surface area contributed by atoms with Crippen LogP contribution in [-0.4, -0.2) is 24.5 Å². The number of carbonyl (C=O) groups is 2. The van der Waals surface area contributed by atoms with Gasteiger partial charge in [0.25, 0.3) is 0 Å². The summed E-state index contributed by atoms with van der Waals surface area (Å²) in [5.74, 6) is -0.345. The van der Waals surface area contributed by atoms with E-state index in [1.165, 1.54) is 5.39 Å². The Hall–Kier alpha value is -2.40. The summed E-state index contributed by atoms with van der Waals surface area (Å²) in [5.41, 5.74) is 1.13. The minimum absolute atomic E-state index is 0.000485. The zero-order chi connectivity index (χ0) is 17.5. The first-order valence-electron chi connectivity index (χ1n) is 8.32. The predicted octanol–water partition coefficient (Wildman–Crippen LogP) is 3.11. The third-order valence-corrected chi connectivity index (χ3v) is 4.10. The number of hydrogen-bond donors (Lipinski definition) is 3. The van der Waals surface area contributed by atoms with Gasteiger partial charge in [-0.3, -0.25) is 10.1 Å². The lowest BCUT2D eigenvalue weighted by Crippen LogP contribution is -2.46. The highest BCUT2D eigenvalue weighted by atomic mass is 16.2. The minimum atomic E-state index is -0.450. The van der Waals surface area contributed by atoms with Crippen molar-refractivity contribution in [1.29, 1.82) is 0 Å². The van der Waals surface area contributed by atoms with Crippen LogP contribution in [0.4, 0.5) is 4.79 Å². The Kier molecular flexibility index (Phi) is 6.32. The Labute approximate surface area is 142 Å². The van der Waals surface area contributed by atoms with Gasteiger partial charge in [0.1, 0.15) is 0 Å². The molecular formula is C19H25N3O2. The van der Waals surface area contributed by atoms with Crippen LogP contribution in [0.1, 0.15) is 38.8 Å². The number of imide groups is 1. The van der Waals surface area contributed by atoms with Crippen LogP contribution in [0.15, 0.2) is 42.5 Å². The van der Waals surface area contributed by atoms with Crippen molar-refractivity contribution in [2.75, 3.05) is 6.54 Å². The standard InChI is InChI=1S/C19H25N3O2/c1-4-13(2)21-19(24)22-18(23)12-20-14(3)16-11-7-9-15-8-5-6-10-17(15)16/h5-11,13-14,20H,4,12H2,1-3H3,(H2,21,22,23,24)/t13-,14+/m1/s1. The van der Waals surface area contributed by atoms with Crippen molar-refractivity contribution < 1.29 is 9.59 Å². The van der Waals surface area contributed by atoms with E-state index in [4.69, 9.17) is 0 Å². The largest absolute Gasteiger partial charge is 0.335 e. The molecule has 0 radical (unpaired) electrons. The van der Waals surface area contributed by atoms with Crippen LogP contribution in [0.5, 0.6) is 0 Å². The Morgan fingerprint density at radius 1 is 1.04 bits per heavy atom. The van der Waals surface area contributed by atoms with Gasteiger partial charge in [-0.15, -0.1) is 0 Å². The summed E-state index contributed by atoms with van der Waals surface area (Å²) in [5, 5.41) is 10.5. The molecule has 3 N–H and O–H groups in total. The molecule has 5 heteroatoms. The van der Waals surface area contributed by atoms with Crippen molar-refractivity contribution in [3.8, 4) is 0 Å². The van der Waals surface area contributed by atoms with Gasteiger partial charge in [-0.05, 0) is 36.6 Å². The second kappa shape index (κ2) is 8.45. The molecule has 0 aliphatic carbocycles. The van der Waals surface area contributed by atoms with E-state index in [-0.39, 0.29) is 24.5 Å². The van der Waals surface area contributed by atoms with Crippen LogP contribution in [0.25, 0.3) is 10.8 Å². The smallest absolute Gasteiger partial charge is 0.321 e. The molecule has 0 aliphatic heterocycles. The highest BCUT2D eigenvalue weighted by Gasteiger charge is 2.13. The van der Waals surface area contributed by atoms with E-state index in [0.29, 0.717) is 0 Å². The van der Waals surface area contributed by atoms with Gasteiger partial charge in [0.15, 0.2) is 0 Å². The molecule has 2 aromatic carbocycles. The highest BCUT2D eigenvalue weighted by Crippen LogP contribution is 2.23. The average molecular weight is 327 g/mol.